The summed E-state index contributed by atoms with van der Waals surface area (Å²) in [6.45, 7) is 1.34. The third-order valence-electron chi connectivity index (χ3n) is 2.23. The highest BCUT2D eigenvalue weighted by atomic mass is 19.4. The van der Waals surface area contributed by atoms with E-state index in [0.29, 0.717) is 0 Å². The molecule has 88 valence electrons. The predicted octanol–water partition coefficient (Wildman–Crippen LogP) is 2.38. The van der Waals surface area contributed by atoms with Gasteiger partial charge in [-0.2, -0.15) is 13.2 Å². The van der Waals surface area contributed by atoms with Crippen LogP contribution < -0.4 is 5.73 Å². The molecule has 0 aliphatic rings. The van der Waals surface area contributed by atoms with Crippen molar-refractivity contribution in [3.8, 4) is 0 Å². The Morgan fingerprint density at radius 2 is 1.94 bits per heavy atom. The number of ether oxygens (including phenoxy) is 1. The first kappa shape index (κ1) is 12.4. The van der Waals surface area contributed by atoms with Gasteiger partial charge in [0.05, 0.1) is 18.2 Å². The Labute approximate surface area is 90.0 Å². The second-order valence-corrected chi connectivity index (χ2v) is 3.19. The molecular weight excluding hydrogens is 223 g/mol. The summed E-state index contributed by atoms with van der Waals surface area (Å²) in [5, 5.41) is 0. The van der Waals surface area contributed by atoms with Gasteiger partial charge in [0.1, 0.15) is 0 Å². The van der Waals surface area contributed by atoms with E-state index in [1.807, 2.05) is 0 Å². The number of nitrogen functional groups attached to an aromatic ring is 1. The number of esters is 1. The lowest BCUT2D eigenvalue weighted by molar-refractivity contribution is -0.136. The van der Waals surface area contributed by atoms with Crippen LogP contribution in [0.3, 0.4) is 0 Å². The summed E-state index contributed by atoms with van der Waals surface area (Å²) in [6.07, 6.45) is -4.52. The van der Waals surface area contributed by atoms with E-state index in [4.69, 9.17) is 5.73 Å². The van der Waals surface area contributed by atoms with Gasteiger partial charge in [-0.25, -0.2) is 4.79 Å². The van der Waals surface area contributed by atoms with Crippen molar-refractivity contribution < 1.29 is 22.7 Å². The lowest BCUT2D eigenvalue weighted by Crippen LogP contribution is -2.13. The monoisotopic (exact) mass is 233 g/mol. The summed E-state index contributed by atoms with van der Waals surface area (Å²) in [5.74, 6) is -0.710. The molecule has 1 rings (SSSR count). The van der Waals surface area contributed by atoms with E-state index >= 15 is 0 Å². The molecule has 0 aliphatic carbocycles. The maximum atomic E-state index is 12.4. The molecule has 2 N–H and O–H groups in total. The van der Waals surface area contributed by atoms with Crippen LogP contribution in [-0.2, 0) is 10.9 Å². The van der Waals surface area contributed by atoms with Crippen LogP contribution in [0.4, 0.5) is 18.9 Å². The average molecular weight is 233 g/mol. The highest BCUT2D eigenvalue weighted by Crippen LogP contribution is 2.35. The van der Waals surface area contributed by atoms with Crippen LogP contribution in [0.2, 0.25) is 0 Å². The molecule has 0 aromatic heterocycles. The molecule has 0 heterocycles. The molecule has 0 aliphatic heterocycles. The number of nitrogens with two attached hydrogens (primary N) is 1. The zero-order chi connectivity index (χ0) is 12.5. The van der Waals surface area contributed by atoms with E-state index < -0.39 is 23.4 Å². The van der Waals surface area contributed by atoms with E-state index in [1.165, 1.54) is 6.92 Å². The largest absolute Gasteiger partial charge is 0.465 e. The highest BCUT2D eigenvalue weighted by Gasteiger charge is 2.34. The molecule has 0 fully saturated rings. The number of benzene rings is 1. The lowest BCUT2D eigenvalue weighted by atomic mass is 10.0. The SMILES string of the molecule is COC(=O)c1ccc(C(F)(F)F)c(N)c1C. The fourth-order valence-corrected chi connectivity index (χ4v) is 1.31. The minimum absolute atomic E-state index is 0.0352. The van der Waals surface area contributed by atoms with Crippen molar-refractivity contribution in [3.63, 3.8) is 0 Å². The minimum atomic E-state index is -4.52. The Balaban J connectivity index is 3.35. The smallest absolute Gasteiger partial charge is 0.418 e. The van der Waals surface area contributed by atoms with Crippen molar-refractivity contribution in [3.05, 3.63) is 28.8 Å². The first-order chi connectivity index (χ1) is 7.29. The van der Waals surface area contributed by atoms with Gasteiger partial charge in [0.15, 0.2) is 0 Å². The molecule has 0 spiro atoms. The molecule has 6 heteroatoms. The second-order valence-electron chi connectivity index (χ2n) is 3.19. The summed E-state index contributed by atoms with van der Waals surface area (Å²) >= 11 is 0. The Morgan fingerprint density at radius 1 is 1.38 bits per heavy atom. The summed E-state index contributed by atoms with van der Waals surface area (Å²) in [6, 6.07) is 1.83. The van der Waals surface area contributed by atoms with E-state index in [0.717, 1.165) is 19.2 Å². The van der Waals surface area contributed by atoms with Crippen LogP contribution in [0, 0.1) is 6.92 Å². The maximum Gasteiger partial charge on any atom is 0.418 e. The van der Waals surface area contributed by atoms with Crippen molar-refractivity contribution in [2.75, 3.05) is 12.8 Å². The van der Waals surface area contributed by atoms with Crippen LogP contribution in [0.5, 0.6) is 0 Å². The molecule has 1 aromatic carbocycles. The molecule has 16 heavy (non-hydrogen) atoms. The fraction of sp³-hybridized carbons (Fsp3) is 0.300. The van der Waals surface area contributed by atoms with Gasteiger partial charge in [0.2, 0.25) is 0 Å². The number of hydrogen-bond donors (Lipinski definition) is 1. The molecule has 0 saturated heterocycles. The van der Waals surface area contributed by atoms with E-state index in [2.05, 4.69) is 4.74 Å². The highest BCUT2D eigenvalue weighted by molar-refractivity contribution is 5.92. The van der Waals surface area contributed by atoms with Crippen molar-refractivity contribution in [1.82, 2.24) is 0 Å². The third-order valence-corrected chi connectivity index (χ3v) is 2.23. The molecule has 0 amide bonds. The summed E-state index contributed by atoms with van der Waals surface area (Å²) in [5.41, 5.74) is 4.05. The maximum absolute atomic E-state index is 12.4. The zero-order valence-electron chi connectivity index (χ0n) is 8.68. The Bertz CT molecular complexity index is 427. The number of carbonyl (C=O) groups is 1. The zero-order valence-corrected chi connectivity index (χ0v) is 8.68. The van der Waals surface area contributed by atoms with Crippen LogP contribution in [0.25, 0.3) is 0 Å². The molecule has 0 saturated carbocycles. The molecule has 0 bridgehead atoms. The minimum Gasteiger partial charge on any atom is -0.465 e. The van der Waals surface area contributed by atoms with Crippen molar-refractivity contribution in [2.45, 2.75) is 13.1 Å². The standard InChI is InChI=1S/C10H10F3NO2/c1-5-6(9(15)16-2)3-4-7(8(5)14)10(11,12)13/h3-4H,14H2,1-2H3. The Kier molecular flexibility index (Phi) is 3.11. The van der Waals surface area contributed by atoms with Crippen LogP contribution in [-0.4, -0.2) is 13.1 Å². The second kappa shape index (κ2) is 4.03. The average Bonchev–Trinajstić information content (AvgIpc) is 2.19. The first-order valence-electron chi connectivity index (χ1n) is 4.33. The molecule has 1 aromatic rings. The lowest BCUT2D eigenvalue weighted by Gasteiger charge is -2.13. The van der Waals surface area contributed by atoms with Gasteiger partial charge in [0.25, 0.3) is 0 Å². The van der Waals surface area contributed by atoms with Crippen LogP contribution >= 0.6 is 0 Å². The van der Waals surface area contributed by atoms with Gasteiger partial charge < -0.3 is 10.5 Å². The summed E-state index contributed by atoms with van der Waals surface area (Å²) < 4.78 is 41.8. The van der Waals surface area contributed by atoms with Crippen LogP contribution in [0.15, 0.2) is 12.1 Å². The van der Waals surface area contributed by atoms with Gasteiger partial charge in [-0.3, -0.25) is 0 Å². The normalized spacial score (nSPS) is 11.3. The van der Waals surface area contributed by atoms with Crippen LogP contribution in [0.1, 0.15) is 21.5 Å². The van der Waals surface area contributed by atoms with Gasteiger partial charge in [-0.05, 0) is 24.6 Å². The number of anilines is 1. The van der Waals surface area contributed by atoms with E-state index in [1.54, 1.807) is 0 Å². The fourth-order valence-electron chi connectivity index (χ4n) is 1.31. The van der Waals surface area contributed by atoms with Gasteiger partial charge in [-0.1, -0.05) is 0 Å². The van der Waals surface area contributed by atoms with E-state index in [9.17, 15) is 18.0 Å². The van der Waals surface area contributed by atoms with Crippen molar-refractivity contribution in [1.29, 1.82) is 0 Å². The Hall–Kier alpha value is -1.72. The van der Waals surface area contributed by atoms with Gasteiger partial charge in [-0.15, -0.1) is 0 Å². The molecule has 0 radical (unpaired) electrons. The van der Waals surface area contributed by atoms with Gasteiger partial charge >= 0.3 is 12.1 Å². The molecular formula is C10H10F3NO2. The summed E-state index contributed by atoms with van der Waals surface area (Å²) in [7, 11) is 1.15. The van der Waals surface area contributed by atoms with E-state index in [-0.39, 0.29) is 11.1 Å². The molecule has 0 unspecified atom stereocenters. The number of rotatable bonds is 1. The number of carbonyl (C=O) groups excluding carboxylic acids is 1. The molecule has 0 atom stereocenters. The number of alkyl halides is 3. The quantitative estimate of drug-likeness (QED) is 0.598. The number of methoxy groups -OCH3 is 1. The third kappa shape index (κ3) is 2.10. The Morgan fingerprint density at radius 3 is 2.38 bits per heavy atom. The van der Waals surface area contributed by atoms with Crippen molar-refractivity contribution in [2.24, 2.45) is 0 Å². The first-order valence-corrected chi connectivity index (χ1v) is 4.33. The number of hydrogen-bond acceptors (Lipinski definition) is 3. The molecule has 3 nitrogen and oxygen atoms in total. The van der Waals surface area contributed by atoms with Gasteiger partial charge in [0, 0.05) is 5.69 Å². The van der Waals surface area contributed by atoms with Crippen molar-refractivity contribution >= 4 is 11.7 Å². The topological polar surface area (TPSA) is 52.3 Å². The predicted molar refractivity (Wildman–Crippen MR) is 51.9 cm³/mol. The summed E-state index contributed by atoms with van der Waals surface area (Å²) in [4.78, 5) is 11.2. The number of halogens is 3.